The number of hydrogen-bond donors (Lipinski definition) is 2. The van der Waals surface area contributed by atoms with E-state index in [4.69, 9.17) is 15.3 Å². The Kier molecular flexibility index (Phi) is 13.5. The average Bonchev–Trinajstić information content (AvgIpc) is 3.03. The number of anilines is 1. The highest BCUT2D eigenvalue weighted by molar-refractivity contribution is 7.26. The van der Waals surface area contributed by atoms with Gasteiger partial charge in [-0.1, -0.05) is 181 Å². The fraction of sp³-hybridized carbons (Fsp3) is 0.211. The van der Waals surface area contributed by atoms with Gasteiger partial charge in [-0.05, 0) is 102 Å². The van der Waals surface area contributed by atoms with Crippen LogP contribution in [0, 0.1) is 5.41 Å². The Labute approximate surface area is 480 Å². The summed E-state index contributed by atoms with van der Waals surface area (Å²) in [6.45, 7) is 4.63. The van der Waals surface area contributed by atoms with Crippen LogP contribution in [-0.2, 0) is 5.41 Å². The number of rotatable bonds is 17. The largest absolute Gasteiger partial charge is 0.298 e. The van der Waals surface area contributed by atoms with E-state index in [1.54, 1.807) is 23.7 Å². The molecule has 8 nitrogen and oxygen atoms in total. The first-order valence-corrected chi connectivity index (χ1v) is 30.6. The highest BCUT2D eigenvalue weighted by Crippen LogP contribution is 2.58. The third-order valence-electron chi connectivity index (χ3n) is 17.2. The molecule has 81 heavy (non-hydrogen) atoms. The fourth-order valence-electron chi connectivity index (χ4n) is 13.2. The van der Waals surface area contributed by atoms with E-state index in [-0.39, 0.29) is 5.41 Å². The Morgan fingerprint density at radius 1 is 0.568 bits per heavy atom. The Balaban J connectivity index is 0.917. The molecule has 14 rings (SSSR count). The SMILES string of the molecule is CCCCCCC1(CCCCCC)C2=C(CCC(c3ccc(-c4cccc5c4sc4ccccc45)c4nn(-c5ccncc5)nc34)=C2)c2ccc(C3=CC=C(c4cccc5c4sc4ccccc45)C(=N)/C3=N\Nc3ccncc3)cc21. The Bertz CT molecular complexity index is 4420. The van der Waals surface area contributed by atoms with Crippen molar-refractivity contribution < 1.29 is 0 Å². The van der Waals surface area contributed by atoms with E-state index >= 15 is 0 Å². The number of unbranched alkanes of at least 4 members (excludes halogenated alkanes) is 6. The summed E-state index contributed by atoms with van der Waals surface area (Å²) in [5.74, 6) is 0. The molecule has 398 valence electrons. The summed E-state index contributed by atoms with van der Waals surface area (Å²) >= 11 is 3.65. The van der Waals surface area contributed by atoms with Gasteiger partial charge in [0.1, 0.15) is 16.7 Å². The van der Waals surface area contributed by atoms with E-state index < -0.39 is 0 Å². The van der Waals surface area contributed by atoms with Crippen LogP contribution in [0.1, 0.15) is 119 Å². The second kappa shape index (κ2) is 21.6. The molecular weight excluding hydrogens is 1030 g/mol. The molecule has 0 saturated heterocycles. The van der Waals surface area contributed by atoms with Crippen LogP contribution in [-0.4, -0.2) is 36.4 Å². The summed E-state index contributed by atoms with van der Waals surface area (Å²) in [7, 11) is 0. The number of pyridine rings is 2. The molecule has 6 aromatic carbocycles. The molecule has 5 aromatic heterocycles. The number of hydrazone groups is 1. The van der Waals surface area contributed by atoms with Gasteiger partial charge in [0, 0.05) is 104 Å². The molecular formula is C71H62N8S2. The first-order chi connectivity index (χ1) is 40.0. The van der Waals surface area contributed by atoms with E-state index in [9.17, 15) is 5.41 Å². The third-order valence-corrected chi connectivity index (χ3v) is 19.7. The van der Waals surface area contributed by atoms with Crippen molar-refractivity contribution in [3.05, 3.63) is 216 Å². The number of allylic oxidation sites excluding steroid dienone is 8. The van der Waals surface area contributed by atoms with Crippen LogP contribution in [0.15, 0.2) is 193 Å². The predicted molar refractivity (Wildman–Crippen MR) is 343 cm³/mol. The van der Waals surface area contributed by atoms with Gasteiger partial charge in [-0.15, -0.1) is 32.9 Å². The number of hydrogen-bond acceptors (Lipinski definition) is 9. The molecule has 0 saturated carbocycles. The molecule has 3 aliphatic carbocycles. The molecule has 5 heterocycles. The highest BCUT2D eigenvalue weighted by Gasteiger charge is 2.45. The van der Waals surface area contributed by atoms with Crippen LogP contribution >= 0.6 is 22.7 Å². The van der Waals surface area contributed by atoms with Gasteiger partial charge in [-0.3, -0.25) is 20.8 Å². The molecule has 2 N–H and O–H groups in total. The van der Waals surface area contributed by atoms with Gasteiger partial charge in [0.15, 0.2) is 0 Å². The number of nitrogens with zero attached hydrogens (tertiary/aromatic N) is 6. The van der Waals surface area contributed by atoms with Gasteiger partial charge in [-0.25, -0.2) is 0 Å². The minimum atomic E-state index is -0.203. The van der Waals surface area contributed by atoms with Crippen molar-refractivity contribution in [1.29, 1.82) is 5.41 Å². The molecule has 10 heteroatoms. The van der Waals surface area contributed by atoms with Crippen molar-refractivity contribution in [3.63, 3.8) is 0 Å². The number of benzene rings is 6. The smallest absolute Gasteiger partial charge is 0.122 e. The Hall–Kier alpha value is -8.44. The molecule has 0 amide bonds. The van der Waals surface area contributed by atoms with Crippen LogP contribution in [0.2, 0.25) is 0 Å². The van der Waals surface area contributed by atoms with Gasteiger partial charge in [0.05, 0.1) is 17.1 Å². The first kappa shape index (κ1) is 50.8. The van der Waals surface area contributed by atoms with Crippen molar-refractivity contribution in [2.75, 3.05) is 5.43 Å². The maximum Gasteiger partial charge on any atom is 0.122 e. The second-order valence-electron chi connectivity index (χ2n) is 22.0. The quantitative estimate of drug-likeness (QED) is 0.0537. The Morgan fingerprint density at radius 2 is 1.16 bits per heavy atom. The lowest BCUT2D eigenvalue weighted by Gasteiger charge is -2.35. The monoisotopic (exact) mass is 1090 g/mol. The van der Waals surface area contributed by atoms with Crippen molar-refractivity contribution in [3.8, 4) is 16.8 Å². The van der Waals surface area contributed by atoms with E-state index in [2.05, 4.69) is 163 Å². The summed E-state index contributed by atoms with van der Waals surface area (Å²) in [5, 5.41) is 31.1. The lowest BCUT2D eigenvalue weighted by Crippen LogP contribution is -2.27. The van der Waals surface area contributed by atoms with Gasteiger partial charge in [-0.2, -0.15) is 9.90 Å². The van der Waals surface area contributed by atoms with E-state index in [1.807, 2.05) is 52.8 Å². The van der Waals surface area contributed by atoms with Gasteiger partial charge < -0.3 is 0 Å². The fourth-order valence-corrected chi connectivity index (χ4v) is 15.7. The van der Waals surface area contributed by atoms with Crippen molar-refractivity contribution in [1.82, 2.24) is 25.0 Å². The summed E-state index contributed by atoms with van der Waals surface area (Å²) < 4.78 is 4.98. The molecule has 0 radical (unpaired) electrons. The number of thiophene rings is 2. The van der Waals surface area contributed by atoms with E-state index in [1.165, 1.54) is 112 Å². The zero-order valence-corrected chi connectivity index (χ0v) is 47.4. The second-order valence-corrected chi connectivity index (χ2v) is 24.1. The average molecular weight is 1090 g/mol. The molecule has 0 unspecified atom stereocenters. The molecule has 0 fully saturated rings. The third kappa shape index (κ3) is 8.96. The lowest BCUT2D eigenvalue weighted by atomic mass is 9.68. The van der Waals surface area contributed by atoms with E-state index in [0.29, 0.717) is 11.4 Å². The summed E-state index contributed by atoms with van der Waals surface area (Å²) in [5.41, 5.74) is 22.1. The number of fused-ring (bicyclic) bond motifs is 9. The standard InChI is InChI=1S/C71H62N8S2/c1-3-5-7-13-37-71(38-14-8-6-4-2)61-43-45(49-29-31-55(65(72)66(49)76-75-47-33-39-73-40-34-47)59-21-15-19-57-53-17-9-11-23-63(53)80-69(57)59)25-27-51(61)52-28-26-46(44-62(52)71)50-30-32-56(68-67(50)77-79(78-68)48-35-41-74-42-36-48)60-22-16-20-58-54-18-10-12-24-64(54)81-70(58)60/h9-12,15-25,27,29-36,39-44,72H,3-8,13-14,26,28,37-38H2,1-2H3,(H,73,75)/b72-65?,76-66-. The highest BCUT2D eigenvalue weighted by atomic mass is 32.1. The normalized spacial score (nSPS) is 15.5. The van der Waals surface area contributed by atoms with Gasteiger partial charge >= 0.3 is 0 Å². The molecule has 0 aliphatic heterocycles. The number of nitrogens with one attached hydrogen (secondary N) is 2. The van der Waals surface area contributed by atoms with Gasteiger partial charge in [0.2, 0.25) is 0 Å². The number of aromatic nitrogens is 5. The molecule has 0 spiro atoms. The summed E-state index contributed by atoms with van der Waals surface area (Å²) in [4.78, 5) is 10.4. The van der Waals surface area contributed by atoms with Crippen LogP contribution in [0.4, 0.5) is 5.69 Å². The van der Waals surface area contributed by atoms with Crippen LogP contribution in [0.5, 0.6) is 0 Å². The van der Waals surface area contributed by atoms with Crippen molar-refractivity contribution in [2.45, 2.75) is 96.3 Å². The lowest BCUT2D eigenvalue weighted by molar-refractivity contribution is 0.398. The van der Waals surface area contributed by atoms with Crippen molar-refractivity contribution >= 4 is 113 Å². The van der Waals surface area contributed by atoms with Crippen molar-refractivity contribution in [2.24, 2.45) is 5.10 Å². The minimum absolute atomic E-state index is 0.203. The maximum atomic E-state index is 10.1. The zero-order chi connectivity index (χ0) is 54.4. The van der Waals surface area contributed by atoms with Gasteiger partial charge in [0.25, 0.3) is 0 Å². The molecule has 0 bridgehead atoms. The maximum absolute atomic E-state index is 10.1. The van der Waals surface area contributed by atoms with Crippen LogP contribution in [0.25, 0.3) is 90.5 Å². The van der Waals surface area contributed by atoms with Crippen LogP contribution in [0.3, 0.4) is 0 Å². The van der Waals surface area contributed by atoms with Crippen LogP contribution < -0.4 is 5.43 Å². The first-order valence-electron chi connectivity index (χ1n) is 29.0. The van der Waals surface area contributed by atoms with E-state index in [0.717, 1.165) is 94.3 Å². The minimum Gasteiger partial charge on any atom is -0.298 e. The summed E-state index contributed by atoms with van der Waals surface area (Å²) in [6, 6.07) is 50.2. The molecule has 11 aromatic rings. The molecule has 0 atom stereocenters. The Morgan fingerprint density at radius 3 is 1.85 bits per heavy atom. The molecule has 3 aliphatic rings. The predicted octanol–water partition coefficient (Wildman–Crippen LogP) is 19.4. The topological polar surface area (TPSA) is 105 Å². The summed E-state index contributed by atoms with van der Waals surface area (Å²) in [6.07, 6.45) is 27.7. The zero-order valence-electron chi connectivity index (χ0n) is 45.8.